The van der Waals surface area contributed by atoms with Gasteiger partial charge in [0, 0.05) is 9.13 Å². The minimum absolute atomic E-state index is 0.0575. The summed E-state index contributed by atoms with van der Waals surface area (Å²) < 4.78 is 5.88. The number of rotatable bonds is 3. The zero-order chi connectivity index (χ0) is 13.8. The molecule has 0 bridgehead atoms. The second-order valence-corrected chi connectivity index (χ2v) is 4.98. The molecule has 0 fully saturated rings. The van der Waals surface area contributed by atoms with E-state index >= 15 is 0 Å². The molecule has 98 valence electrons. The molecule has 1 amide bonds. The molecule has 0 aliphatic heterocycles. The minimum atomic E-state index is -0.276. The zero-order valence-electron chi connectivity index (χ0n) is 10.2. The van der Waals surface area contributed by atoms with Gasteiger partial charge in [-0.2, -0.15) is 0 Å². The summed E-state index contributed by atoms with van der Waals surface area (Å²) >= 11 is 2.15. The van der Waals surface area contributed by atoms with E-state index in [0.717, 1.165) is 9.26 Å². The van der Waals surface area contributed by atoms with E-state index in [2.05, 4.69) is 27.9 Å². The summed E-state index contributed by atoms with van der Waals surface area (Å²) in [7, 11) is 1.46. The molecule has 0 aliphatic rings. The lowest BCUT2D eigenvalue weighted by Crippen LogP contribution is -2.12. The van der Waals surface area contributed by atoms with Crippen LogP contribution in [0.2, 0.25) is 0 Å². The molecule has 0 saturated heterocycles. The van der Waals surface area contributed by atoms with Gasteiger partial charge in [0.1, 0.15) is 0 Å². The number of hydrogen-bond donors (Lipinski definition) is 2. The fourth-order valence-electron chi connectivity index (χ4n) is 1.59. The topological polar surface area (TPSA) is 58.6 Å². The van der Waals surface area contributed by atoms with E-state index in [9.17, 15) is 9.90 Å². The number of phenols is 1. The number of benzene rings is 2. The third kappa shape index (κ3) is 3.17. The lowest BCUT2D eigenvalue weighted by molar-refractivity contribution is 0.102. The monoisotopic (exact) mass is 369 g/mol. The third-order valence-electron chi connectivity index (χ3n) is 2.56. The SMILES string of the molecule is COc1ccc(C(=O)Nc2ccccc2I)cc1O. The highest BCUT2D eigenvalue weighted by Crippen LogP contribution is 2.27. The van der Waals surface area contributed by atoms with Crippen molar-refractivity contribution in [3.63, 3.8) is 0 Å². The number of phenolic OH excluding ortho intramolecular Hbond substituents is 1. The molecule has 0 radical (unpaired) electrons. The molecule has 19 heavy (non-hydrogen) atoms. The number of carbonyl (C=O) groups is 1. The quantitative estimate of drug-likeness (QED) is 0.817. The van der Waals surface area contributed by atoms with Crippen LogP contribution in [-0.2, 0) is 0 Å². The molecular weight excluding hydrogens is 357 g/mol. The number of nitrogens with one attached hydrogen (secondary N) is 1. The molecule has 0 aromatic heterocycles. The van der Waals surface area contributed by atoms with Gasteiger partial charge in [0.25, 0.3) is 5.91 Å². The van der Waals surface area contributed by atoms with Crippen LogP contribution in [0.15, 0.2) is 42.5 Å². The maximum Gasteiger partial charge on any atom is 0.255 e. The maximum absolute atomic E-state index is 12.1. The fourth-order valence-corrected chi connectivity index (χ4v) is 2.11. The van der Waals surface area contributed by atoms with E-state index < -0.39 is 0 Å². The van der Waals surface area contributed by atoms with Gasteiger partial charge in [-0.3, -0.25) is 4.79 Å². The Bertz CT molecular complexity index is 613. The van der Waals surface area contributed by atoms with Crippen LogP contribution in [0.3, 0.4) is 0 Å². The molecule has 0 saturated carbocycles. The number of amides is 1. The number of ether oxygens (including phenoxy) is 1. The van der Waals surface area contributed by atoms with E-state index in [1.165, 1.54) is 13.2 Å². The Kier molecular flexibility index (Phi) is 4.26. The van der Waals surface area contributed by atoms with Crippen molar-refractivity contribution in [1.82, 2.24) is 0 Å². The molecule has 5 heteroatoms. The predicted octanol–water partition coefficient (Wildman–Crippen LogP) is 3.26. The van der Waals surface area contributed by atoms with E-state index in [-0.39, 0.29) is 11.7 Å². The molecule has 0 aliphatic carbocycles. The van der Waals surface area contributed by atoms with Crippen molar-refractivity contribution in [2.45, 2.75) is 0 Å². The number of methoxy groups -OCH3 is 1. The Morgan fingerprint density at radius 3 is 2.63 bits per heavy atom. The van der Waals surface area contributed by atoms with E-state index in [1.54, 1.807) is 12.1 Å². The lowest BCUT2D eigenvalue weighted by atomic mass is 10.2. The summed E-state index contributed by atoms with van der Waals surface area (Å²) in [5.74, 6) is 0.00539. The first kappa shape index (κ1) is 13.7. The van der Waals surface area contributed by atoms with Crippen LogP contribution in [-0.4, -0.2) is 18.1 Å². The van der Waals surface area contributed by atoms with E-state index in [1.807, 2.05) is 24.3 Å². The Morgan fingerprint density at radius 1 is 1.26 bits per heavy atom. The average molecular weight is 369 g/mol. The maximum atomic E-state index is 12.1. The van der Waals surface area contributed by atoms with Gasteiger partial charge in [-0.05, 0) is 52.9 Å². The Balaban J connectivity index is 2.21. The van der Waals surface area contributed by atoms with Gasteiger partial charge in [-0.1, -0.05) is 12.1 Å². The van der Waals surface area contributed by atoms with Gasteiger partial charge in [-0.15, -0.1) is 0 Å². The van der Waals surface area contributed by atoms with Gasteiger partial charge >= 0.3 is 0 Å². The third-order valence-corrected chi connectivity index (χ3v) is 3.50. The van der Waals surface area contributed by atoms with Crippen LogP contribution in [0.5, 0.6) is 11.5 Å². The number of anilines is 1. The number of para-hydroxylation sites is 1. The molecule has 2 rings (SSSR count). The van der Waals surface area contributed by atoms with Crippen molar-refractivity contribution in [2.75, 3.05) is 12.4 Å². The zero-order valence-corrected chi connectivity index (χ0v) is 12.3. The average Bonchev–Trinajstić information content (AvgIpc) is 2.41. The Labute approximate surface area is 124 Å². The van der Waals surface area contributed by atoms with Gasteiger partial charge in [0.15, 0.2) is 11.5 Å². The first-order valence-corrected chi connectivity index (χ1v) is 6.62. The van der Waals surface area contributed by atoms with Crippen LogP contribution in [0.4, 0.5) is 5.69 Å². The van der Waals surface area contributed by atoms with E-state index in [4.69, 9.17) is 4.74 Å². The minimum Gasteiger partial charge on any atom is -0.504 e. The largest absolute Gasteiger partial charge is 0.504 e. The van der Waals surface area contributed by atoms with Gasteiger partial charge in [0.2, 0.25) is 0 Å². The summed E-state index contributed by atoms with van der Waals surface area (Å²) in [6, 6.07) is 12.0. The van der Waals surface area contributed by atoms with E-state index in [0.29, 0.717) is 11.3 Å². The molecule has 0 heterocycles. The highest BCUT2D eigenvalue weighted by molar-refractivity contribution is 14.1. The summed E-state index contributed by atoms with van der Waals surface area (Å²) in [5.41, 5.74) is 1.11. The molecule has 4 nitrogen and oxygen atoms in total. The standard InChI is InChI=1S/C14H12INO3/c1-19-13-7-6-9(8-12(13)17)14(18)16-11-5-3-2-4-10(11)15/h2-8,17H,1H3,(H,16,18). The molecule has 0 atom stereocenters. The Morgan fingerprint density at radius 2 is 2.00 bits per heavy atom. The lowest BCUT2D eigenvalue weighted by Gasteiger charge is -2.08. The Hall–Kier alpha value is -1.76. The van der Waals surface area contributed by atoms with Crippen LogP contribution in [0.1, 0.15) is 10.4 Å². The normalized spacial score (nSPS) is 10.0. The molecule has 0 spiro atoms. The number of aromatic hydroxyl groups is 1. The van der Waals surface area contributed by atoms with Gasteiger partial charge in [-0.25, -0.2) is 0 Å². The van der Waals surface area contributed by atoms with Crippen molar-refractivity contribution in [3.05, 3.63) is 51.6 Å². The number of hydrogen-bond acceptors (Lipinski definition) is 3. The molecule has 2 N–H and O–H groups in total. The van der Waals surface area contributed by atoms with Crippen LogP contribution in [0, 0.1) is 3.57 Å². The van der Waals surface area contributed by atoms with Crippen molar-refractivity contribution in [3.8, 4) is 11.5 Å². The molecular formula is C14H12INO3. The number of carbonyl (C=O) groups excluding carboxylic acids is 1. The van der Waals surface area contributed by atoms with Crippen LogP contribution in [0.25, 0.3) is 0 Å². The smallest absolute Gasteiger partial charge is 0.255 e. The summed E-state index contributed by atoms with van der Waals surface area (Å²) in [6.07, 6.45) is 0. The van der Waals surface area contributed by atoms with Gasteiger partial charge in [0.05, 0.1) is 12.8 Å². The second kappa shape index (κ2) is 5.92. The molecule has 0 unspecified atom stereocenters. The van der Waals surface area contributed by atoms with Crippen LogP contribution >= 0.6 is 22.6 Å². The number of halogens is 1. The first-order chi connectivity index (χ1) is 9.11. The highest BCUT2D eigenvalue weighted by Gasteiger charge is 2.10. The van der Waals surface area contributed by atoms with Crippen molar-refractivity contribution in [1.29, 1.82) is 0 Å². The molecule has 2 aromatic rings. The predicted molar refractivity (Wildman–Crippen MR) is 81.8 cm³/mol. The summed E-state index contributed by atoms with van der Waals surface area (Å²) in [4.78, 5) is 12.1. The van der Waals surface area contributed by atoms with Crippen LogP contribution < -0.4 is 10.1 Å². The summed E-state index contributed by atoms with van der Waals surface area (Å²) in [5, 5.41) is 12.4. The molecule has 2 aromatic carbocycles. The van der Waals surface area contributed by atoms with Crippen molar-refractivity contribution >= 4 is 34.2 Å². The highest BCUT2D eigenvalue weighted by atomic mass is 127. The van der Waals surface area contributed by atoms with Crippen molar-refractivity contribution < 1.29 is 14.6 Å². The van der Waals surface area contributed by atoms with Gasteiger partial charge < -0.3 is 15.2 Å². The summed E-state index contributed by atoms with van der Waals surface area (Å²) in [6.45, 7) is 0. The first-order valence-electron chi connectivity index (χ1n) is 5.54. The van der Waals surface area contributed by atoms with Crippen molar-refractivity contribution in [2.24, 2.45) is 0 Å². The second-order valence-electron chi connectivity index (χ2n) is 3.82. The fraction of sp³-hybridized carbons (Fsp3) is 0.0714.